The van der Waals surface area contributed by atoms with Crippen LogP contribution >= 0.6 is 0 Å². The topological polar surface area (TPSA) is 75.6 Å². The van der Waals surface area contributed by atoms with Gasteiger partial charge in [-0.25, -0.2) is 4.79 Å². The molecule has 0 amide bonds. The van der Waals surface area contributed by atoms with Gasteiger partial charge >= 0.3 is 11.9 Å². The average Bonchev–Trinajstić information content (AvgIpc) is 3.28. The Balaban J connectivity index is 4.78. The summed E-state index contributed by atoms with van der Waals surface area (Å²) in [7, 11) is 0. The van der Waals surface area contributed by atoms with Crippen LogP contribution in [0.2, 0.25) is 0 Å². The van der Waals surface area contributed by atoms with E-state index in [1.54, 1.807) is 0 Å². The van der Waals surface area contributed by atoms with Crippen molar-refractivity contribution < 1.29 is 19.4 Å². The molecule has 3 unspecified atom stereocenters. The second-order valence-electron chi connectivity index (χ2n) is 20.2. The Morgan fingerprint density at radius 2 is 0.810 bits per heavy atom. The average molecular weight is 889 g/mol. The predicted molar refractivity (Wildman–Crippen MR) is 277 cm³/mol. The number of unbranched alkanes of at least 4 members (excludes halogenated alkanes) is 29. The van der Waals surface area contributed by atoms with Crippen LogP contribution in [-0.4, -0.2) is 36.2 Å². The van der Waals surface area contributed by atoms with Gasteiger partial charge in [0.2, 0.25) is 0 Å². The van der Waals surface area contributed by atoms with E-state index in [1.807, 2.05) is 0 Å². The third kappa shape index (κ3) is 44.3. The Morgan fingerprint density at radius 3 is 1.27 bits per heavy atom. The minimum absolute atomic E-state index is 0.0159. The quantitative estimate of drug-likeness (QED) is 0.0361. The van der Waals surface area contributed by atoms with Crippen molar-refractivity contribution in [3.05, 3.63) is 11.6 Å². The third-order valence-electron chi connectivity index (χ3n) is 13.9. The zero-order valence-corrected chi connectivity index (χ0v) is 43.5. The van der Waals surface area contributed by atoms with Crippen molar-refractivity contribution in [2.75, 3.05) is 13.2 Å². The van der Waals surface area contributed by atoms with E-state index >= 15 is 0 Å². The van der Waals surface area contributed by atoms with Crippen LogP contribution in [0.15, 0.2) is 11.6 Å². The lowest BCUT2D eigenvalue weighted by Crippen LogP contribution is -2.30. The molecule has 0 rings (SSSR count). The monoisotopic (exact) mass is 888 g/mol. The summed E-state index contributed by atoms with van der Waals surface area (Å²) >= 11 is 0. The molecule has 0 aliphatic carbocycles. The van der Waals surface area contributed by atoms with E-state index in [0.29, 0.717) is 36.5 Å². The minimum atomic E-state index is -0.693. The van der Waals surface area contributed by atoms with Crippen LogP contribution in [0.4, 0.5) is 0 Å². The summed E-state index contributed by atoms with van der Waals surface area (Å²) in [6.45, 7) is 13.1. The van der Waals surface area contributed by atoms with Crippen molar-refractivity contribution in [1.29, 1.82) is 0 Å². The van der Waals surface area contributed by atoms with Crippen LogP contribution in [0.25, 0.3) is 0 Å². The highest BCUT2D eigenvalue weighted by atomic mass is 16.5. The van der Waals surface area contributed by atoms with Crippen LogP contribution in [-0.2, 0) is 14.3 Å². The van der Waals surface area contributed by atoms with E-state index in [-0.39, 0.29) is 5.97 Å². The Labute approximate surface area is 395 Å². The summed E-state index contributed by atoms with van der Waals surface area (Å²) in [5.74, 6) is 0.376. The van der Waals surface area contributed by atoms with Crippen molar-refractivity contribution in [2.24, 2.45) is 11.8 Å². The fourth-order valence-corrected chi connectivity index (χ4v) is 9.57. The molecule has 374 valence electrons. The molecule has 0 heterocycles. The lowest BCUT2D eigenvalue weighted by atomic mass is 9.88. The Bertz CT molecular complexity index is 980. The number of nitrogens with one attached hydrogen (secondary N) is 1. The number of carbonyl (C=O) groups is 2. The summed E-state index contributed by atoms with van der Waals surface area (Å²) < 4.78 is 5.85. The lowest BCUT2D eigenvalue weighted by molar-refractivity contribution is -0.145. The molecule has 2 N–H and O–H groups in total. The molecule has 5 nitrogen and oxygen atoms in total. The number of carboxylic acid groups (broad SMARTS) is 1. The molecule has 0 aromatic rings. The van der Waals surface area contributed by atoms with Gasteiger partial charge in [0.15, 0.2) is 0 Å². The van der Waals surface area contributed by atoms with Crippen molar-refractivity contribution >= 4 is 11.9 Å². The second-order valence-corrected chi connectivity index (χ2v) is 20.2. The molecule has 3 atom stereocenters. The van der Waals surface area contributed by atoms with E-state index in [2.05, 4.69) is 46.0 Å². The number of allylic oxidation sites excluding steroid dienone is 1. The van der Waals surface area contributed by atoms with Crippen molar-refractivity contribution in [2.45, 2.75) is 323 Å². The molecule has 0 saturated carbocycles. The summed E-state index contributed by atoms with van der Waals surface area (Å²) in [5, 5.41) is 14.1. The Morgan fingerprint density at radius 1 is 0.444 bits per heavy atom. The van der Waals surface area contributed by atoms with E-state index < -0.39 is 5.97 Å². The SMILES string of the molecule is CCCCCCCCCCC(CCCCC=C(CC(CCCCCC)CCCCCCCC)C(=O)O)NCCCCCCCC(=O)OCC(CCCCCC)CCCCCCCC. The Hall–Kier alpha value is -1.36. The van der Waals surface area contributed by atoms with E-state index in [0.717, 1.165) is 45.1 Å². The van der Waals surface area contributed by atoms with Gasteiger partial charge in [-0.3, -0.25) is 4.79 Å². The van der Waals surface area contributed by atoms with E-state index in [4.69, 9.17) is 4.74 Å². The molecule has 5 heteroatoms. The maximum absolute atomic E-state index is 12.7. The van der Waals surface area contributed by atoms with Crippen LogP contribution in [0.3, 0.4) is 0 Å². The number of rotatable bonds is 52. The molecule has 0 saturated heterocycles. The first-order valence-corrected chi connectivity index (χ1v) is 28.7. The molecule has 0 aromatic carbocycles. The highest BCUT2D eigenvalue weighted by Crippen LogP contribution is 2.27. The molecule has 0 aliphatic rings. The van der Waals surface area contributed by atoms with Gasteiger partial charge in [-0.15, -0.1) is 0 Å². The van der Waals surface area contributed by atoms with Gasteiger partial charge in [0.1, 0.15) is 0 Å². The number of ether oxygens (including phenoxy) is 1. The molecule has 0 aromatic heterocycles. The first-order chi connectivity index (χ1) is 30.9. The highest BCUT2D eigenvalue weighted by Gasteiger charge is 2.17. The van der Waals surface area contributed by atoms with Crippen LogP contribution < -0.4 is 5.32 Å². The standard InChI is InChI=1S/C58H113NO4/c1-6-11-16-21-24-25-29-38-47-56(48-39-32-37-46-55(58(61)62)51-53(42-33-19-14-9-4)43-35-27-22-17-12-7-2)59-50-41-31-26-30-40-49-57(60)63-52-54(44-34-20-15-10-5)45-36-28-23-18-13-8-3/h46,53-54,56,59H,6-45,47-52H2,1-5H3,(H,61,62). The van der Waals surface area contributed by atoms with Crippen molar-refractivity contribution in [1.82, 2.24) is 5.32 Å². The van der Waals surface area contributed by atoms with Crippen molar-refractivity contribution in [3.63, 3.8) is 0 Å². The molecule has 0 bridgehead atoms. The first kappa shape index (κ1) is 61.6. The van der Waals surface area contributed by atoms with Gasteiger partial charge in [0.05, 0.1) is 6.61 Å². The van der Waals surface area contributed by atoms with Crippen LogP contribution in [0.5, 0.6) is 0 Å². The number of aliphatic carboxylic acids is 1. The number of carboxylic acids is 1. The van der Waals surface area contributed by atoms with Gasteiger partial charge in [0, 0.05) is 18.0 Å². The first-order valence-electron chi connectivity index (χ1n) is 28.7. The van der Waals surface area contributed by atoms with Gasteiger partial charge in [0.25, 0.3) is 0 Å². The lowest BCUT2D eigenvalue weighted by Gasteiger charge is -2.19. The zero-order chi connectivity index (χ0) is 46.1. The molecule has 0 aliphatic heterocycles. The van der Waals surface area contributed by atoms with Gasteiger partial charge in [-0.2, -0.15) is 0 Å². The third-order valence-corrected chi connectivity index (χ3v) is 13.9. The highest BCUT2D eigenvalue weighted by molar-refractivity contribution is 5.86. The maximum Gasteiger partial charge on any atom is 0.331 e. The number of esters is 1. The van der Waals surface area contributed by atoms with Crippen molar-refractivity contribution in [3.8, 4) is 0 Å². The predicted octanol–water partition coefficient (Wildman–Crippen LogP) is 19.0. The second kappa shape index (κ2) is 50.1. The number of carbonyl (C=O) groups excluding carboxylic acids is 1. The smallest absolute Gasteiger partial charge is 0.331 e. The molecular weight excluding hydrogens is 775 g/mol. The van der Waals surface area contributed by atoms with Crippen LogP contribution in [0.1, 0.15) is 317 Å². The fourth-order valence-electron chi connectivity index (χ4n) is 9.57. The van der Waals surface area contributed by atoms with E-state index in [9.17, 15) is 14.7 Å². The summed E-state index contributed by atoms with van der Waals surface area (Å²) in [6.07, 6.45) is 56.3. The maximum atomic E-state index is 12.7. The largest absolute Gasteiger partial charge is 0.478 e. The molecule has 0 spiro atoms. The molecular formula is C58H113NO4. The molecule has 0 fully saturated rings. The summed E-state index contributed by atoms with van der Waals surface area (Å²) in [6, 6.07) is 0.559. The number of hydrogen-bond acceptors (Lipinski definition) is 4. The van der Waals surface area contributed by atoms with Crippen LogP contribution in [0, 0.1) is 11.8 Å². The summed E-state index contributed by atoms with van der Waals surface area (Å²) in [5.41, 5.74) is 0.674. The zero-order valence-electron chi connectivity index (χ0n) is 43.5. The number of hydrogen-bond donors (Lipinski definition) is 2. The van der Waals surface area contributed by atoms with Gasteiger partial charge in [-0.1, -0.05) is 259 Å². The van der Waals surface area contributed by atoms with Gasteiger partial charge in [-0.05, 0) is 76.2 Å². The summed E-state index contributed by atoms with van der Waals surface area (Å²) in [4.78, 5) is 25.1. The van der Waals surface area contributed by atoms with E-state index in [1.165, 1.54) is 238 Å². The Kier molecular flexibility index (Phi) is 49.0. The minimum Gasteiger partial charge on any atom is -0.478 e. The molecule has 63 heavy (non-hydrogen) atoms. The van der Waals surface area contributed by atoms with Gasteiger partial charge < -0.3 is 15.2 Å². The molecule has 0 radical (unpaired) electrons. The normalized spacial score (nSPS) is 13.4. The fraction of sp³-hybridized carbons (Fsp3) is 0.931.